The van der Waals surface area contributed by atoms with Crippen LogP contribution in [0.1, 0.15) is 15.9 Å². The Morgan fingerprint density at radius 3 is 2.79 bits per heavy atom. The maximum Gasteiger partial charge on any atom is 0.260 e. The van der Waals surface area contributed by atoms with Crippen molar-refractivity contribution in [3.05, 3.63) is 63.8 Å². The Labute approximate surface area is 138 Å². The number of hydrogen-bond donors (Lipinski definition) is 2. The molecular weight excluding hydrogens is 313 g/mol. The second-order valence-corrected chi connectivity index (χ2v) is 5.48. The molecule has 1 aliphatic heterocycles. The Bertz CT molecular complexity index is 785. The van der Waals surface area contributed by atoms with Crippen LogP contribution in [-0.4, -0.2) is 37.2 Å². The Kier molecular flexibility index (Phi) is 4.90. The molecule has 0 atom stereocenters. The third-order valence-electron chi connectivity index (χ3n) is 3.88. The summed E-state index contributed by atoms with van der Waals surface area (Å²) in [7, 11) is 0. The van der Waals surface area contributed by atoms with Gasteiger partial charge < -0.3 is 19.9 Å². The summed E-state index contributed by atoms with van der Waals surface area (Å²) in [4.78, 5) is 27.9. The molecule has 6 nitrogen and oxygen atoms in total. The van der Waals surface area contributed by atoms with E-state index in [0.29, 0.717) is 37.6 Å². The van der Waals surface area contributed by atoms with Gasteiger partial charge in [-0.1, -0.05) is 6.07 Å². The SMILES string of the molecule is O=C(NCc1ccc(N2CCOCC2)c(F)c1)c1ccc[nH]c1=O. The lowest BCUT2D eigenvalue weighted by Crippen LogP contribution is -2.36. The van der Waals surface area contributed by atoms with Gasteiger partial charge in [-0.3, -0.25) is 9.59 Å². The number of amides is 1. The molecule has 2 N–H and O–H groups in total. The highest BCUT2D eigenvalue weighted by molar-refractivity contribution is 5.93. The van der Waals surface area contributed by atoms with E-state index < -0.39 is 11.5 Å². The Balaban J connectivity index is 1.66. The summed E-state index contributed by atoms with van der Waals surface area (Å²) in [6, 6.07) is 7.89. The topological polar surface area (TPSA) is 74.4 Å². The zero-order valence-electron chi connectivity index (χ0n) is 13.0. The van der Waals surface area contributed by atoms with E-state index in [-0.39, 0.29) is 17.9 Å². The molecule has 0 aliphatic carbocycles. The zero-order valence-corrected chi connectivity index (χ0v) is 13.0. The van der Waals surface area contributed by atoms with Crippen LogP contribution in [0.2, 0.25) is 0 Å². The largest absolute Gasteiger partial charge is 0.378 e. The van der Waals surface area contributed by atoms with Crippen molar-refractivity contribution in [3.63, 3.8) is 0 Å². The normalized spacial score (nSPS) is 14.5. The molecule has 24 heavy (non-hydrogen) atoms. The van der Waals surface area contributed by atoms with E-state index in [9.17, 15) is 14.0 Å². The Morgan fingerprint density at radius 1 is 1.29 bits per heavy atom. The molecule has 2 aromatic rings. The third kappa shape index (κ3) is 3.62. The van der Waals surface area contributed by atoms with E-state index in [1.165, 1.54) is 18.3 Å². The number of halogens is 1. The summed E-state index contributed by atoms with van der Waals surface area (Å²) in [6.07, 6.45) is 1.46. The first kappa shape index (κ1) is 16.2. The number of carbonyl (C=O) groups excluding carboxylic acids is 1. The number of nitrogens with zero attached hydrogens (tertiary/aromatic N) is 1. The van der Waals surface area contributed by atoms with Gasteiger partial charge in [0.05, 0.1) is 18.9 Å². The van der Waals surface area contributed by atoms with Gasteiger partial charge in [-0.15, -0.1) is 0 Å². The quantitative estimate of drug-likeness (QED) is 0.885. The average Bonchev–Trinajstić information content (AvgIpc) is 2.61. The van der Waals surface area contributed by atoms with Crippen LogP contribution in [0.3, 0.4) is 0 Å². The molecule has 126 valence electrons. The molecule has 1 aromatic heterocycles. The number of benzene rings is 1. The number of aromatic nitrogens is 1. The lowest BCUT2D eigenvalue weighted by atomic mass is 10.1. The number of ether oxygens (including phenoxy) is 1. The molecule has 0 unspecified atom stereocenters. The molecule has 0 saturated carbocycles. The lowest BCUT2D eigenvalue weighted by molar-refractivity contribution is 0.0949. The minimum Gasteiger partial charge on any atom is -0.378 e. The van der Waals surface area contributed by atoms with Crippen molar-refractivity contribution in [1.82, 2.24) is 10.3 Å². The van der Waals surface area contributed by atoms with Crippen molar-refractivity contribution >= 4 is 11.6 Å². The van der Waals surface area contributed by atoms with Gasteiger partial charge in [0.1, 0.15) is 11.4 Å². The monoisotopic (exact) mass is 331 g/mol. The van der Waals surface area contributed by atoms with Gasteiger partial charge in [-0.05, 0) is 29.8 Å². The summed E-state index contributed by atoms with van der Waals surface area (Å²) >= 11 is 0. The number of nitrogens with one attached hydrogen (secondary N) is 2. The van der Waals surface area contributed by atoms with Crippen LogP contribution in [0.25, 0.3) is 0 Å². The molecule has 1 fully saturated rings. The van der Waals surface area contributed by atoms with Crippen LogP contribution in [0, 0.1) is 5.82 Å². The first-order chi connectivity index (χ1) is 11.6. The van der Waals surface area contributed by atoms with Crippen molar-refractivity contribution in [2.75, 3.05) is 31.2 Å². The number of rotatable bonds is 4. The van der Waals surface area contributed by atoms with E-state index in [4.69, 9.17) is 4.74 Å². The van der Waals surface area contributed by atoms with Crippen molar-refractivity contribution in [2.24, 2.45) is 0 Å². The minimum atomic E-state index is -0.491. The van der Waals surface area contributed by atoms with Crippen molar-refractivity contribution in [2.45, 2.75) is 6.54 Å². The van der Waals surface area contributed by atoms with Gasteiger partial charge in [0.25, 0.3) is 11.5 Å². The Morgan fingerprint density at radius 2 is 2.08 bits per heavy atom. The van der Waals surface area contributed by atoms with E-state index in [2.05, 4.69) is 10.3 Å². The maximum absolute atomic E-state index is 14.3. The van der Waals surface area contributed by atoms with E-state index in [0.717, 1.165) is 0 Å². The highest BCUT2D eigenvalue weighted by atomic mass is 19.1. The molecule has 0 radical (unpaired) electrons. The van der Waals surface area contributed by atoms with Crippen LogP contribution in [0.4, 0.5) is 10.1 Å². The minimum absolute atomic E-state index is 0.0305. The molecule has 1 aliphatic rings. The molecule has 0 bridgehead atoms. The smallest absolute Gasteiger partial charge is 0.260 e. The first-order valence-corrected chi connectivity index (χ1v) is 7.72. The average molecular weight is 331 g/mol. The number of aromatic amines is 1. The molecule has 1 aromatic carbocycles. The zero-order chi connectivity index (χ0) is 16.9. The maximum atomic E-state index is 14.3. The fourth-order valence-corrected chi connectivity index (χ4v) is 2.60. The summed E-state index contributed by atoms with van der Waals surface area (Å²) in [5.41, 5.74) is 0.741. The number of pyridine rings is 1. The fraction of sp³-hybridized carbons (Fsp3) is 0.294. The van der Waals surface area contributed by atoms with E-state index in [1.54, 1.807) is 18.2 Å². The molecule has 2 heterocycles. The predicted molar refractivity (Wildman–Crippen MR) is 87.7 cm³/mol. The van der Waals surface area contributed by atoms with Crippen LogP contribution < -0.4 is 15.8 Å². The fourth-order valence-electron chi connectivity index (χ4n) is 2.60. The van der Waals surface area contributed by atoms with Crippen LogP contribution in [0.15, 0.2) is 41.3 Å². The second kappa shape index (κ2) is 7.27. The van der Waals surface area contributed by atoms with Gasteiger partial charge in [-0.25, -0.2) is 4.39 Å². The number of carbonyl (C=O) groups is 1. The van der Waals surface area contributed by atoms with Gasteiger partial charge in [-0.2, -0.15) is 0 Å². The van der Waals surface area contributed by atoms with Crippen LogP contribution in [0.5, 0.6) is 0 Å². The number of H-pyrrole nitrogens is 1. The summed E-state index contributed by atoms with van der Waals surface area (Å²) in [5.74, 6) is -0.823. The highest BCUT2D eigenvalue weighted by Crippen LogP contribution is 2.21. The number of morpholine rings is 1. The van der Waals surface area contributed by atoms with Gasteiger partial charge in [0, 0.05) is 25.8 Å². The molecular formula is C17H18FN3O3. The third-order valence-corrected chi connectivity index (χ3v) is 3.88. The number of hydrogen-bond acceptors (Lipinski definition) is 4. The summed E-state index contributed by atoms with van der Waals surface area (Å²) in [5, 5.41) is 2.62. The van der Waals surface area contributed by atoms with Crippen LogP contribution >= 0.6 is 0 Å². The van der Waals surface area contributed by atoms with Crippen LogP contribution in [-0.2, 0) is 11.3 Å². The molecule has 1 amide bonds. The van der Waals surface area contributed by atoms with Gasteiger partial charge in [0.2, 0.25) is 0 Å². The highest BCUT2D eigenvalue weighted by Gasteiger charge is 2.15. The summed E-state index contributed by atoms with van der Waals surface area (Å²) < 4.78 is 19.6. The predicted octanol–water partition coefficient (Wildman–Crippen LogP) is 1.28. The Hall–Kier alpha value is -2.67. The molecule has 0 spiro atoms. The second-order valence-electron chi connectivity index (χ2n) is 5.48. The lowest BCUT2D eigenvalue weighted by Gasteiger charge is -2.29. The first-order valence-electron chi connectivity index (χ1n) is 7.72. The van der Waals surface area contributed by atoms with Gasteiger partial charge >= 0.3 is 0 Å². The van der Waals surface area contributed by atoms with E-state index >= 15 is 0 Å². The number of anilines is 1. The summed E-state index contributed by atoms with van der Waals surface area (Å²) in [6.45, 7) is 2.63. The van der Waals surface area contributed by atoms with Crippen molar-refractivity contribution in [3.8, 4) is 0 Å². The molecule has 7 heteroatoms. The van der Waals surface area contributed by atoms with E-state index in [1.807, 2.05) is 4.90 Å². The van der Waals surface area contributed by atoms with Gasteiger partial charge in [0.15, 0.2) is 0 Å². The van der Waals surface area contributed by atoms with Crippen molar-refractivity contribution < 1.29 is 13.9 Å². The molecule has 1 saturated heterocycles. The standard InChI is InChI=1S/C17H18FN3O3/c18-14-10-12(3-4-15(14)21-6-8-24-9-7-21)11-20-17(23)13-2-1-5-19-16(13)22/h1-5,10H,6-9,11H2,(H,19,22)(H,20,23). The van der Waals surface area contributed by atoms with Crippen molar-refractivity contribution in [1.29, 1.82) is 0 Å². The molecule has 3 rings (SSSR count).